The third-order valence-electron chi connectivity index (χ3n) is 4.91. The van der Waals surface area contributed by atoms with Crippen molar-refractivity contribution >= 4 is 5.91 Å². The van der Waals surface area contributed by atoms with Gasteiger partial charge in [-0.15, -0.1) is 0 Å². The van der Waals surface area contributed by atoms with E-state index in [1.807, 2.05) is 13.8 Å². The van der Waals surface area contributed by atoms with Crippen LogP contribution in [0.1, 0.15) is 52.4 Å². The van der Waals surface area contributed by atoms with Crippen molar-refractivity contribution in [2.24, 2.45) is 11.7 Å². The van der Waals surface area contributed by atoms with Crippen molar-refractivity contribution in [3.8, 4) is 0 Å². The molecule has 0 aliphatic heterocycles. The summed E-state index contributed by atoms with van der Waals surface area (Å²) in [6.45, 7) is 4.08. The molecule has 0 radical (unpaired) electrons. The Kier molecular flexibility index (Phi) is 5.08. The second-order valence-electron chi connectivity index (χ2n) is 7.13. The van der Waals surface area contributed by atoms with Crippen LogP contribution in [-0.4, -0.2) is 54.0 Å². The van der Waals surface area contributed by atoms with Gasteiger partial charge in [0.15, 0.2) is 0 Å². The van der Waals surface area contributed by atoms with Crippen molar-refractivity contribution in [3.05, 3.63) is 0 Å². The van der Waals surface area contributed by atoms with E-state index >= 15 is 0 Å². The molecule has 2 fully saturated rings. The zero-order chi connectivity index (χ0) is 14.9. The number of hydrogen-bond acceptors (Lipinski definition) is 3. The van der Waals surface area contributed by atoms with Gasteiger partial charge in [0.2, 0.25) is 5.91 Å². The quantitative estimate of drug-likeness (QED) is 0.836. The Labute approximate surface area is 123 Å². The highest BCUT2D eigenvalue weighted by Crippen LogP contribution is 2.35. The van der Waals surface area contributed by atoms with E-state index in [2.05, 4.69) is 23.9 Å². The first kappa shape index (κ1) is 15.8. The minimum atomic E-state index is -0.347. The molecule has 0 unspecified atom stereocenters. The van der Waals surface area contributed by atoms with Gasteiger partial charge < -0.3 is 15.5 Å². The van der Waals surface area contributed by atoms with Gasteiger partial charge in [-0.25, -0.2) is 0 Å². The van der Waals surface area contributed by atoms with E-state index in [0.717, 1.165) is 19.3 Å². The number of nitrogens with two attached hydrogens (primary N) is 1. The molecule has 2 aliphatic carbocycles. The zero-order valence-electron chi connectivity index (χ0n) is 13.5. The minimum Gasteiger partial charge on any atom is -0.334 e. The molecule has 0 spiro atoms. The summed E-state index contributed by atoms with van der Waals surface area (Å²) in [6.07, 6.45) is 7.17. The number of nitrogens with zero attached hydrogens (tertiary/aromatic N) is 2. The highest BCUT2D eigenvalue weighted by molar-refractivity contribution is 5.83. The molecule has 116 valence electrons. The fourth-order valence-electron chi connectivity index (χ4n) is 3.44. The highest BCUT2D eigenvalue weighted by Gasteiger charge is 2.43. The number of hydrogen-bond donors (Lipinski definition) is 1. The topological polar surface area (TPSA) is 49.6 Å². The van der Waals surface area contributed by atoms with Crippen LogP contribution < -0.4 is 5.73 Å². The molecule has 4 heteroatoms. The third-order valence-corrected chi connectivity index (χ3v) is 4.91. The molecule has 4 nitrogen and oxygen atoms in total. The second-order valence-corrected chi connectivity index (χ2v) is 7.13. The lowest BCUT2D eigenvalue weighted by atomic mass is 9.87. The molecule has 0 aromatic heterocycles. The lowest BCUT2D eigenvalue weighted by Crippen LogP contribution is -2.58. The summed E-state index contributed by atoms with van der Waals surface area (Å²) in [5.41, 5.74) is 6.15. The van der Waals surface area contributed by atoms with Gasteiger partial charge in [-0.05, 0) is 45.7 Å². The van der Waals surface area contributed by atoms with Gasteiger partial charge in [0.05, 0.1) is 6.04 Å². The average Bonchev–Trinajstić information content (AvgIpc) is 3.22. The van der Waals surface area contributed by atoms with E-state index < -0.39 is 0 Å². The second kappa shape index (κ2) is 6.44. The van der Waals surface area contributed by atoms with Crippen LogP contribution in [0.25, 0.3) is 0 Å². The maximum absolute atomic E-state index is 12.8. The number of rotatable bonds is 5. The van der Waals surface area contributed by atoms with Crippen molar-refractivity contribution in [2.75, 3.05) is 14.1 Å². The van der Waals surface area contributed by atoms with Crippen molar-refractivity contribution in [1.82, 2.24) is 9.80 Å². The molecule has 3 atom stereocenters. The van der Waals surface area contributed by atoms with Crippen LogP contribution in [0.2, 0.25) is 0 Å². The highest BCUT2D eigenvalue weighted by atomic mass is 16.2. The van der Waals surface area contributed by atoms with Crippen LogP contribution >= 0.6 is 0 Å². The molecule has 2 rings (SSSR count). The first-order chi connectivity index (χ1) is 9.43. The molecule has 2 saturated carbocycles. The van der Waals surface area contributed by atoms with E-state index in [-0.39, 0.29) is 17.9 Å². The van der Waals surface area contributed by atoms with Crippen molar-refractivity contribution in [2.45, 2.75) is 76.5 Å². The number of carbonyl (C=O) groups is 1. The first-order valence-electron chi connectivity index (χ1n) is 8.17. The molecule has 2 aliphatic rings. The van der Waals surface area contributed by atoms with Crippen LogP contribution in [0.5, 0.6) is 0 Å². The number of likely N-dealkylation sites (N-methyl/N-ethyl adjacent to an activating group) is 1. The fourth-order valence-corrected chi connectivity index (χ4v) is 3.44. The average molecular weight is 281 g/mol. The molecule has 20 heavy (non-hydrogen) atoms. The SMILES string of the molecule is CC(C)[C@H](N)C(=O)N(C1CC1)[C@@H]1CCCC[C@H]1N(C)C. The van der Waals surface area contributed by atoms with Crippen molar-refractivity contribution in [1.29, 1.82) is 0 Å². The summed E-state index contributed by atoms with van der Waals surface area (Å²) in [5, 5.41) is 0. The Hall–Kier alpha value is -0.610. The smallest absolute Gasteiger partial charge is 0.240 e. The predicted molar refractivity (Wildman–Crippen MR) is 82.4 cm³/mol. The Morgan fingerprint density at radius 1 is 1.05 bits per heavy atom. The predicted octanol–water partition coefficient (Wildman–Crippen LogP) is 1.83. The molecule has 1 amide bonds. The van der Waals surface area contributed by atoms with E-state index in [4.69, 9.17) is 5.73 Å². The zero-order valence-corrected chi connectivity index (χ0v) is 13.5. The Bertz CT molecular complexity index is 339. The van der Waals surface area contributed by atoms with Gasteiger partial charge in [-0.3, -0.25) is 4.79 Å². The summed E-state index contributed by atoms with van der Waals surface area (Å²) in [6, 6.07) is 0.967. The largest absolute Gasteiger partial charge is 0.334 e. The van der Waals surface area contributed by atoms with Gasteiger partial charge in [-0.1, -0.05) is 26.7 Å². The van der Waals surface area contributed by atoms with Crippen molar-refractivity contribution in [3.63, 3.8) is 0 Å². The molecule has 0 bridgehead atoms. The van der Waals surface area contributed by atoms with Crippen molar-refractivity contribution < 1.29 is 4.79 Å². The van der Waals surface area contributed by atoms with Gasteiger partial charge in [0, 0.05) is 18.1 Å². The monoisotopic (exact) mass is 281 g/mol. The Morgan fingerprint density at radius 2 is 1.60 bits per heavy atom. The summed E-state index contributed by atoms with van der Waals surface area (Å²) in [5.74, 6) is 0.395. The normalized spacial score (nSPS) is 28.8. The first-order valence-corrected chi connectivity index (χ1v) is 8.17. The van der Waals surface area contributed by atoms with E-state index in [1.54, 1.807) is 0 Å². The van der Waals surface area contributed by atoms with Crippen LogP contribution in [-0.2, 0) is 4.79 Å². The molecular weight excluding hydrogens is 250 g/mol. The summed E-state index contributed by atoms with van der Waals surface area (Å²) < 4.78 is 0. The Balaban J connectivity index is 2.16. The van der Waals surface area contributed by atoms with Crippen LogP contribution in [0, 0.1) is 5.92 Å². The fraction of sp³-hybridized carbons (Fsp3) is 0.938. The van der Waals surface area contributed by atoms with E-state index in [0.29, 0.717) is 18.1 Å². The standard InChI is InChI=1S/C16H31N3O/c1-11(2)15(17)16(20)19(12-9-10-12)14-8-6-5-7-13(14)18(3)4/h11-15H,5-10,17H2,1-4H3/t13-,14-,15+/m1/s1. The molecule has 0 aromatic rings. The third kappa shape index (κ3) is 3.34. The molecule has 2 N–H and O–H groups in total. The molecule has 0 aromatic carbocycles. The van der Waals surface area contributed by atoms with Crippen LogP contribution in [0.3, 0.4) is 0 Å². The van der Waals surface area contributed by atoms with Gasteiger partial charge in [-0.2, -0.15) is 0 Å². The van der Waals surface area contributed by atoms with E-state index in [9.17, 15) is 4.79 Å². The lowest BCUT2D eigenvalue weighted by molar-refractivity contribution is -0.139. The maximum Gasteiger partial charge on any atom is 0.240 e. The number of amides is 1. The Morgan fingerprint density at radius 3 is 2.05 bits per heavy atom. The van der Waals surface area contributed by atoms with Gasteiger partial charge in [0.25, 0.3) is 0 Å². The lowest BCUT2D eigenvalue weighted by Gasteiger charge is -2.44. The number of carbonyl (C=O) groups excluding carboxylic acids is 1. The van der Waals surface area contributed by atoms with Gasteiger partial charge >= 0.3 is 0 Å². The van der Waals surface area contributed by atoms with Crippen LogP contribution in [0.4, 0.5) is 0 Å². The summed E-state index contributed by atoms with van der Waals surface area (Å²) >= 11 is 0. The van der Waals surface area contributed by atoms with Crippen LogP contribution in [0.15, 0.2) is 0 Å². The van der Waals surface area contributed by atoms with Gasteiger partial charge in [0.1, 0.15) is 0 Å². The molecule has 0 saturated heterocycles. The summed E-state index contributed by atoms with van der Waals surface area (Å²) in [7, 11) is 4.28. The maximum atomic E-state index is 12.8. The summed E-state index contributed by atoms with van der Waals surface area (Å²) in [4.78, 5) is 17.3. The molecular formula is C16H31N3O. The van der Waals surface area contributed by atoms with E-state index in [1.165, 1.54) is 19.3 Å². The molecule has 0 heterocycles. The minimum absolute atomic E-state index is 0.182.